The van der Waals surface area contributed by atoms with E-state index in [0.717, 1.165) is 36.5 Å². The first-order valence-corrected chi connectivity index (χ1v) is 7.97. The van der Waals surface area contributed by atoms with Crippen molar-refractivity contribution in [3.63, 3.8) is 0 Å². The van der Waals surface area contributed by atoms with Crippen LogP contribution in [0.1, 0.15) is 27.2 Å². The third-order valence-corrected chi connectivity index (χ3v) is 3.67. The summed E-state index contributed by atoms with van der Waals surface area (Å²) in [5.41, 5.74) is -0.437. The monoisotopic (exact) mass is 355 g/mol. The van der Waals surface area contributed by atoms with Gasteiger partial charge in [0.2, 0.25) is 0 Å². The highest BCUT2D eigenvalue weighted by Gasteiger charge is 2.29. The minimum atomic E-state index is -0.437. The number of halogens is 1. The van der Waals surface area contributed by atoms with Gasteiger partial charge in [0.25, 0.3) is 0 Å². The predicted molar refractivity (Wildman–Crippen MR) is 86.3 cm³/mol. The maximum atomic E-state index is 12.0. The molecule has 0 aromatic carbocycles. The summed E-state index contributed by atoms with van der Waals surface area (Å²) >= 11 is 3.35. The average Bonchev–Trinajstić information content (AvgIpc) is 2.83. The number of anilines is 1. The van der Waals surface area contributed by atoms with Crippen molar-refractivity contribution in [3.05, 3.63) is 22.8 Å². The lowest BCUT2D eigenvalue weighted by molar-refractivity contribution is 0.0289. The second-order valence-electron chi connectivity index (χ2n) is 6.31. The van der Waals surface area contributed by atoms with Crippen molar-refractivity contribution in [2.24, 2.45) is 5.92 Å². The van der Waals surface area contributed by atoms with Crippen molar-refractivity contribution in [2.45, 2.75) is 32.8 Å². The van der Waals surface area contributed by atoms with Gasteiger partial charge in [-0.2, -0.15) is 0 Å². The molecule has 0 radical (unpaired) electrons. The second-order valence-corrected chi connectivity index (χ2v) is 7.12. The molecule has 1 aromatic rings. The van der Waals surface area contributed by atoms with E-state index in [9.17, 15) is 4.79 Å². The van der Waals surface area contributed by atoms with Gasteiger partial charge in [0.15, 0.2) is 0 Å². The average molecular weight is 356 g/mol. The molecule has 1 aromatic heterocycles. The fraction of sp³-hybridized carbons (Fsp3) is 0.600. The summed E-state index contributed by atoms with van der Waals surface area (Å²) in [5.74, 6) is 1.28. The Balaban J connectivity index is 1.79. The quantitative estimate of drug-likeness (QED) is 0.842. The molecule has 1 aliphatic rings. The molecule has 0 unspecified atom stereocenters. The van der Waals surface area contributed by atoms with Crippen LogP contribution in [-0.4, -0.2) is 41.2 Å². The molecular formula is C15H22BrN3O2. The number of aromatic nitrogens is 1. The largest absolute Gasteiger partial charge is 0.444 e. The SMILES string of the molecule is CC(C)(C)OC(=O)N1CC[C@@H](CNc2cccc(Br)n2)C1. The van der Waals surface area contributed by atoms with Crippen LogP contribution < -0.4 is 5.32 Å². The van der Waals surface area contributed by atoms with Gasteiger partial charge in [-0.05, 0) is 61.2 Å². The molecule has 1 N–H and O–H groups in total. The van der Waals surface area contributed by atoms with E-state index >= 15 is 0 Å². The Morgan fingerprint density at radius 3 is 2.95 bits per heavy atom. The number of hydrogen-bond acceptors (Lipinski definition) is 4. The summed E-state index contributed by atoms with van der Waals surface area (Å²) in [5, 5.41) is 3.32. The van der Waals surface area contributed by atoms with E-state index in [1.54, 1.807) is 4.90 Å². The van der Waals surface area contributed by atoms with Gasteiger partial charge in [-0.15, -0.1) is 0 Å². The van der Waals surface area contributed by atoms with Crippen LogP contribution in [0.15, 0.2) is 22.8 Å². The van der Waals surface area contributed by atoms with Gasteiger partial charge in [-0.1, -0.05) is 6.07 Å². The van der Waals surface area contributed by atoms with Crippen LogP contribution in [0.4, 0.5) is 10.6 Å². The number of pyridine rings is 1. The van der Waals surface area contributed by atoms with Crippen LogP contribution in [0.25, 0.3) is 0 Å². The van der Waals surface area contributed by atoms with Crippen LogP contribution in [0.5, 0.6) is 0 Å². The molecule has 6 heteroatoms. The predicted octanol–water partition coefficient (Wildman–Crippen LogP) is 3.51. The summed E-state index contributed by atoms with van der Waals surface area (Å²) in [6.07, 6.45) is 0.769. The van der Waals surface area contributed by atoms with Crippen molar-refractivity contribution in [1.82, 2.24) is 9.88 Å². The zero-order valence-corrected chi connectivity index (χ0v) is 14.3. The number of carbonyl (C=O) groups excluding carboxylic acids is 1. The molecular weight excluding hydrogens is 334 g/mol. The molecule has 1 aliphatic heterocycles. The number of ether oxygens (including phenoxy) is 1. The molecule has 1 saturated heterocycles. The third-order valence-electron chi connectivity index (χ3n) is 3.22. The van der Waals surface area contributed by atoms with Crippen molar-refractivity contribution < 1.29 is 9.53 Å². The zero-order valence-electron chi connectivity index (χ0n) is 12.7. The molecule has 21 heavy (non-hydrogen) atoms. The summed E-state index contributed by atoms with van der Waals surface area (Å²) in [6, 6.07) is 5.78. The summed E-state index contributed by atoms with van der Waals surface area (Å²) in [4.78, 5) is 18.1. The highest BCUT2D eigenvalue weighted by molar-refractivity contribution is 9.10. The van der Waals surface area contributed by atoms with Gasteiger partial charge < -0.3 is 15.0 Å². The number of hydrogen-bond donors (Lipinski definition) is 1. The van der Waals surface area contributed by atoms with Crippen molar-refractivity contribution in [2.75, 3.05) is 25.0 Å². The van der Waals surface area contributed by atoms with Gasteiger partial charge in [-0.3, -0.25) is 0 Å². The standard InChI is InChI=1S/C15H22BrN3O2/c1-15(2,3)21-14(20)19-8-7-11(10-19)9-17-13-6-4-5-12(16)18-13/h4-6,11H,7-10H2,1-3H3,(H,17,18)/t11-/m0/s1. The first-order valence-electron chi connectivity index (χ1n) is 7.18. The third kappa shape index (κ3) is 5.19. The lowest BCUT2D eigenvalue weighted by atomic mass is 10.1. The summed E-state index contributed by atoms with van der Waals surface area (Å²) in [6.45, 7) is 7.96. The minimum Gasteiger partial charge on any atom is -0.444 e. The lowest BCUT2D eigenvalue weighted by Gasteiger charge is -2.24. The Bertz CT molecular complexity index is 502. The Morgan fingerprint density at radius 1 is 1.52 bits per heavy atom. The smallest absolute Gasteiger partial charge is 0.410 e. The fourth-order valence-corrected chi connectivity index (χ4v) is 2.59. The molecule has 2 heterocycles. The van der Waals surface area contributed by atoms with Crippen LogP contribution in [-0.2, 0) is 4.74 Å². The number of rotatable bonds is 3. The Kier molecular flexibility index (Phi) is 5.08. The van der Waals surface area contributed by atoms with Gasteiger partial charge in [0, 0.05) is 19.6 Å². The van der Waals surface area contributed by atoms with E-state index in [-0.39, 0.29) is 6.09 Å². The Morgan fingerprint density at radius 2 is 2.29 bits per heavy atom. The van der Waals surface area contributed by atoms with Gasteiger partial charge in [0.05, 0.1) is 0 Å². The minimum absolute atomic E-state index is 0.217. The summed E-state index contributed by atoms with van der Waals surface area (Å²) < 4.78 is 6.21. The number of nitrogens with one attached hydrogen (secondary N) is 1. The van der Waals surface area contributed by atoms with E-state index in [0.29, 0.717) is 5.92 Å². The molecule has 1 fully saturated rings. The van der Waals surface area contributed by atoms with Crippen LogP contribution >= 0.6 is 15.9 Å². The van der Waals surface area contributed by atoms with E-state index < -0.39 is 5.60 Å². The van der Waals surface area contributed by atoms with Crippen LogP contribution in [0.3, 0.4) is 0 Å². The Labute approximate surface area is 134 Å². The second kappa shape index (κ2) is 6.64. The molecule has 1 amide bonds. The van der Waals surface area contributed by atoms with Crippen LogP contribution in [0.2, 0.25) is 0 Å². The van der Waals surface area contributed by atoms with Crippen molar-refractivity contribution >= 4 is 27.8 Å². The van der Waals surface area contributed by atoms with E-state index in [1.165, 1.54) is 0 Å². The maximum absolute atomic E-state index is 12.0. The van der Waals surface area contributed by atoms with E-state index in [4.69, 9.17) is 4.74 Å². The fourth-order valence-electron chi connectivity index (χ4n) is 2.25. The van der Waals surface area contributed by atoms with Crippen molar-refractivity contribution in [1.29, 1.82) is 0 Å². The van der Waals surface area contributed by atoms with E-state index in [2.05, 4.69) is 26.2 Å². The highest BCUT2D eigenvalue weighted by Crippen LogP contribution is 2.20. The summed E-state index contributed by atoms with van der Waals surface area (Å²) in [7, 11) is 0. The molecule has 0 saturated carbocycles. The maximum Gasteiger partial charge on any atom is 0.410 e. The molecule has 1 atom stereocenters. The van der Waals surface area contributed by atoms with Gasteiger partial charge >= 0.3 is 6.09 Å². The number of nitrogens with zero attached hydrogens (tertiary/aromatic N) is 2. The molecule has 5 nitrogen and oxygen atoms in total. The van der Waals surface area contributed by atoms with Gasteiger partial charge in [-0.25, -0.2) is 9.78 Å². The molecule has 2 rings (SSSR count). The molecule has 0 spiro atoms. The number of carbonyl (C=O) groups is 1. The first-order chi connectivity index (χ1) is 9.83. The lowest BCUT2D eigenvalue weighted by Crippen LogP contribution is -2.35. The molecule has 116 valence electrons. The number of amides is 1. The first kappa shape index (κ1) is 16.1. The van der Waals surface area contributed by atoms with Gasteiger partial charge in [0.1, 0.15) is 16.0 Å². The normalized spacial score (nSPS) is 18.7. The zero-order chi connectivity index (χ0) is 15.5. The van der Waals surface area contributed by atoms with E-state index in [1.807, 2.05) is 39.0 Å². The number of likely N-dealkylation sites (tertiary alicyclic amines) is 1. The Hall–Kier alpha value is -1.30. The van der Waals surface area contributed by atoms with Crippen LogP contribution in [0, 0.1) is 5.92 Å². The van der Waals surface area contributed by atoms with Crippen molar-refractivity contribution in [3.8, 4) is 0 Å². The molecule has 0 bridgehead atoms. The topological polar surface area (TPSA) is 54.5 Å². The highest BCUT2D eigenvalue weighted by atomic mass is 79.9. The molecule has 0 aliphatic carbocycles.